The van der Waals surface area contributed by atoms with Crippen LogP contribution in [0.4, 0.5) is 4.79 Å². The van der Waals surface area contributed by atoms with E-state index in [1.807, 2.05) is 0 Å². The molecule has 2 amide bonds. The summed E-state index contributed by atoms with van der Waals surface area (Å²) in [5, 5.41) is 6.80. The van der Waals surface area contributed by atoms with Gasteiger partial charge in [0.05, 0.1) is 0 Å². The van der Waals surface area contributed by atoms with Gasteiger partial charge in [0.2, 0.25) is 5.89 Å². The highest BCUT2D eigenvalue weighted by atomic mass is 16.5. The number of rotatable bonds is 5. The molecule has 0 atom stereocenters. The van der Waals surface area contributed by atoms with Gasteiger partial charge in [-0.05, 0) is 71.8 Å². The third kappa shape index (κ3) is 5.17. The second-order valence-corrected chi connectivity index (χ2v) is 7.79. The molecule has 146 valence electrons. The molecule has 8 nitrogen and oxygen atoms in total. The van der Waals surface area contributed by atoms with E-state index in [-0.39, 0.29) is 6.03 Å². The lowest BCUT2D eigenvalue weighted by atomic mass is 9.93. The molecule has 0 aromatic carbocycles. The standard InChI is InChI=1S/C18H32N6O2/c1-14-20-17(26-21-14)13-23(3)18(25)19-12-15-4-10-24(11-5-15)16-6-8-22(2)9-7-16/h15-16H,4-13H2,1-3H3,(H,19,25). The van der Waals surface area contributed by atoms with Crippen LogP contribution in [0, 0.1) is 12.8 Å². The summed E-state index contributed by atoms with van der Waals surface area (Å²) < 4.78 is 5.06. The molecule has 2 saturated heterocycles. The van der Waals surface area contributed by atoms with Gasteiger partial charge in [0.25, 0.3) is 0 Å². The molecule has 1 N–H and O–H groups in total. The highest BCUT2D eigenvalue weighted by molar-refractivity contribution is 5.73. The molecule has 0 radical (unpaired) electrons. The summed E-state index contributed by atoms with van der Waals surface area (Å²) in [5.41, 5.74) is 0. The molecule has 3 heterocycles. The Hall–Kier alpha value is -1.67. The maximum atomic E-state index is 12.2. The van der Waals surface area contributed by atoms with E-state index in [1.54, 1.807) is 18.9 Å². The van der Waals surface area contributed by atoms with Crippen LogP contribution in [0.1, 0.15) is 37.4 Å². The summed E-state index contributed by atoms with van der Waals surface area (Å²) in [6, 6.07) is 0.671. The summed E-state index contributed by atoms with van der Waals surface area (Å²) in [7, 11) is 3.96. The Kier molecular flexibility index (Phi) is 6.48. The summed E-state index contributed by atoms with van der Waals surface area (Å²) in [6.45, 7) is 7.59. The van der Waals surface area contributed by atoms with Crippen molar-refractivity contribution in [3.8, 4) is 0 Å². The number of hydrogen-bond acceptors (Lipinski definition) is 6. The molecular weight excluding hydrogens is 332 g/mol. The van der Waals surface area contributed by atoms with Gasteiger partial charge in [-0.1, -0.05) is 5.16 Å². The number of aromatic nitrogens is 2. The lowest BCUT2D eigenvalue weighted by Gasteiger charge is -2.41. The van der Waals surface area contributed by atoms with E-state index >= 15 is 0 Å². The van der Waals surface area contributed by atoms with Crippen molar-refractivity contribution in [1.82, 2.24) is 30.2 Å². The molecule has 26 heavy (non-hydrogen) atoms. The average Bonchev–Trinajstić information content (AvgIpc) is 3.05. The van der Waals surface area contributed by atoms with Crippen LogP contribution in [0.15, 0.2) is 4.52 Å². The minimum Gasteiger partial charge on any atom is -0.338 e. The molecule has 0 bridgehead atoms. The Bertz CT molecular complexity index is 576. The Labute approximate surface area is 155 Å². The van der Waals surface area contributed by atoms with Crippen LogP contribution < -0.4 is 5.32 Å². The second-order valence-electron chi connectivity index (χ2n) is 7.79. The third-order valence-electron chi connectivity index (χ3n) is 5.68. The number of likely N-dealkylation sites (tertiary alicyclic amines) is 2. The van der Waals surface area contributed by atoms with Gasteiger partial charge in [0, 0.05) is 19.6 Å². The predicted octanol–water partition coefficient (Wildman–Crippen LogP) is 1.33. The maximum absolute atomic E-state index is 12.2. The molecule has 1 aromatic rings. The van der Waals surface area contributed by atoms with Crippen LogP contribution >= 0.6 is 0 Å². The van der Waals surface area contributed by atoms with Gasteiger partial charge in [-0.25, -0.2) is 4.79 Å². The molecule has 2 fully saturated rings. The van der Waals surface area contributed by atoms with E-state index in [1.165, 1.54) is 38.8 Å². The number of aryl methyl sites for hydroxylation is 1. The van der Waals surface area contributed by atoms with Crippen molar-refractivity contribution in [2.45, 2.75) is 45.2 Å². The number of carbonyl (C=O) groups is 1. The minimum atomic E-state index is -0.0846. The van der Waals surface area contributed by atoms with Crippen molar-refractivity contribution in [2.75, 3.05) is 46.8 Å². The van der Waals surface area contributed by atoms with E-state index < -0.39 is 0 Å². The number of nitrogens with zero attached hydrogens (tertiary/aromatic N) is 5. The summed E-state index contributed by atoms with van der Waals surface area (Å²) in [4.78, 5) is 23.0. The first-order valence-corrected chi connectivity index (χ1v) is 9.72. The zero-order chi connectivity index (χ0) is 18.5. The van der Waals surface area contributed by atoms with Gasteiger partial charge in [-0.2, -0.15) is 4.98 Å². The average molecular weight is 364 g/mol. The van der Waals surface area contributed by atoms with Crippen molar-refractivity contribution in [1.29, 1.82) is 0 Å². The zero-order valence-electron chi connectivity index (χ0n) is 16.3. The molecule has 0 saturated carbocycles. The monoisotopic (exact) mass is 364 g/mol. The molecular formula is C18H32N6O2. The van der Waals surface area contributed by atoms with Gasteiger partial charge < -0.3 is 24.5 Å². The molecule has 1 aromatic heterocycles. The quantitative estimate of drug-likeness (QED) is 0.849. The van der Waals surface area contributed by atoms with Crippen LogP contribution in [0.3, 0.4) is 0 Å². The van der Waals surface area contributed by atoms with E-state index in [0.29, 0.717) is 24.2 Å². The first kappa shape index (κ1) is 19.1. The number of nitrogens with one attached hydrogen (secondary N) is 1. The Morgan fingerprint density at radius 1 is 1.23 bits per heavy atom. The van der Waals surface area contributed by atoms with Gasteiger partial charge in [0.15, 0.2) is 5.82 Å². The van der Waals surface area contributed by atoms with Crippen molar-refractivity contribution in [3.05, 3.63) is 11.7 Å². The van der Waals surface area contributed by atoms with Crippen LogP contribution in [-0.2, 0) is 6.54 Å². The highest BCUT2D eigenvalue weighted by Crippen LogP contribution is 2.23. The largest absolute Gasteiger partial charge is 0.338 e. The normalized spacial score (nSPS) is 21.0. The molecule has 3 rings (SSSR count). The van der Waals surface area contributed by atoms with Crippen LogP contribution in [0.2, 0.25) is 0 Å². The van der Waals surface area contributed by atoms with Gasteiger partial charge in [-0.3, -0.25) is 0 Å². The van der Waals surface area contributed by atoms with Gasteiger partial charge in [-0.15, -0.1) is 0 Å². The van der Waals surface area contributed by atoms with Crippen LogP contribution in [0.25, 0.3) is 0 Å². The van der Waals surface area contributed by atoms with E-state index in [2.05, 4.69) is 32.3 Å². The topological polar surface area (TPSA) is 77.7 Å². The van der Waals surface area contributed by atoms with E-state index in [9.17, 15) is 4.79 Å². The maximum Gasteiger partial charge on any atom is 0.317 e. The number of urea groups is 1. The van der Waals surface area contributed by atoms with Crippen molar-refractivity contribution in [2.24, 2.45) is 5.92 Å². The van der Waals surface area contributed by atoms with Crippen molar-refractivity contribution < 1.29 is 9.32 Å². The molecule has 2 aliphatic rings. The lowest BCUT2D eigenvalue weighted by Crippen LogP contribution is -2.48. The Morgan fingerprint density at radius 2 is 1.92 bits per heavy atom. The zero-order valence-corrected chi connectivity index (χ0v) is 16.3. The number of carbonyl (C=O) groups excluding carboxylic acids is 1. The van der Waals surface area contributed by atoms with Gasteiger partial charge >= 0.3 is 6.03 Å². The smallest absolute Gasteiger partial charge is 0.317 e. The number of piperidine rings is 2. The van der Waals surface area contributed by atoms with Crippen molar-refractivity contribution >= 4 is 6.03 Å². The highest BCUT2D eigenvalue weighted by Gasteiger charge is 2.27. The first-order valence-electron chi connectivity index (χ1n) is 9.72. The Morgan fingerprint density at radius 3 is 2.54 bits per heavy atom. The number of amides is 2. The summed E-state index contributed by atoms with van der Waals surface area (Å²) in [5.74, 6) is 1.62. The van der Waals surface area contributed by atoms with E-state index in [4.69, 9.17) is 4.52 Å². The fourth-order valence-electron chi connectivity index (χ4n) is 3.93. The first-order chi connectivity index (χ1) is 12.5. The van der Waals surface area contributed by atoms with Gasteiger partial charge in [0.1, 0.15) is 6.54 Å². The Balaban J connectivity index is 1.34. The fraction of sp³-hybridized carbons (Fsp3) is 0.833. The molecule has 0 aliphatic carbocycles. The fourth-order valence-corrected chi connectivity index (χ4v) is 3.93. The molecule has 0 spiro atoms. The SMILES string of the molecule is Cc1noc(CN(C)C(=O)NCC2CCN(C3CCN(C)CC3)CC2)n1. The minimum absolute atomic E-state index is 0.0846. The van der Waals surface area contributed by atoms with E-state index in [0.717, 1.165) is 25.7 Å². The summed E-state index contributed by atoms with van der Waals surface area (Å²) in [6.07, 6.45) is 4.91. The van der Waals surface area contributed by atoms with Crippen LogP contribution in [0.5, 0.6) is 0 Å². The second kappa shape index (κ2) is 8.81. The number of hydrogen-bond donors (Lipinski definition) is 1. The summed E-state index contributed by atoms with van der Waals surface area (Å²) >= 11 is 0. The third-order valence-corrected chi connectivity index (χ3v) is 5.68. The molecule has 2 aliphatic heterocycles. The van der Waals surface area contributed by atoms with Crippen molar-refractivity contribution in [3.63, 3.8) is 0 Å². The molecule has 0 unspecified atom stereocenters. The lowest BCUT2D eigenvalue weighted by molar-refractivity contribution is 0.0853. The molecule has 8 heteroatoms. The predicted molar refractivity (Wildman–Crippen MR) is 98.7 cm³/mol. The van der Waals surface area contributed by atoms with Crippen LogP contribution in [-0.4, -0.2) is 83.7 Å².